The predicted octanol–water partition coefficient (Wildman–Crippen LogP) is 2.85. The molecule has 0 aliphatic carbocycles. The highest BCUT2D eigenvalue weighted by Crippen LogP contribution is 2.13. The zero-order valence-corrected chi connectivity index (χ0v) is 9.23. The van der Waals surface area contributed by atoms with E-state index in [4.69, 9.17) is 11.6 Å². The van der Waals surface area contributed by atoms with Crippen LogP contribution in [0, 0.1) is 4.91 Å². The van der Waals surface area contributed by atoms with Gasteiger partial charge in [0.1, 0.15) is 18.9 Å². The molecule has 0 aliphatic heterocycles. The Labute approximate surface area is 92.9 Å². The van der Waals surface area contributed by atoms with E-state index in [9.17, 15) is 4.91 Å². The Morgan fingerprint density at radius 1 is 1.40 bits per heavy atom. The van der Waals surface area contributed by atoms with Crippen molar-refractivity contribution < 1.29 is 4.84 Å². The molecule has 1 atom stereocenters. The standard InChI is InChI=1S/C10H11ClN2O2/c1-7(12-14)10(13-15-2)8-3-5-9(11)6-4-8/h3-7H,1-2H3. The monoisotopic (exact) mass is 226 g/mol. The van der Waals surface area contributed by atoms with Crippen molar-refractivity contribution in [2.45, 2.75) is 13.0 Å². The lowest BCUT2D eigenvalue weighted by atomic mass is 10.1. The van der Waals surface area contributed by atoms with Gasteiger partial charge in [-0.25, -0.2) is 0 Å². The van der Waals surface area contributed by atoms with Gasteiger partial charge in [0.05, 0.1) is 0 Å². The third-order valence-electron chi connectivity index (χ3n) is 1.88. The van der Waals surface area contributed by atoms with Crippen LogP contribution in [0.15, 0.2) is 34.6 Å². The van der Waals surface area contributed by atoms with Crippen LogP contribution in [-0.4, -0.2) is 18.9 Å². The Hall–Kier alpha value is -1.42. The number of halogens is 1. The molecule has 1 unspecified atom stereocenters. The van der Waals surface area contributed by atoms with Crippen LogP contribution >= 0.6 is 11.6 Å². The Morgan fingerprint density at radius 3 is 2.47 bits per heavy atom. The van der Waals surface area contributed by atoms with Crippen LogP contribution in [0.1, 0.15) is 12.5 Å². The zero-order valence-electron chi connectivity index (χ0n) is 8.48. The summed E-state index contributed by atoms with van der Waals surface area (Å²) in [7, 11) is 1.42. The lowest BCUT2D eigenvalue weighted by molar-refractivity contribution is 0.212. The first kappa shape index (κ1) is 11.7. The number of oxime groups is 1. The van der Waals surface area contributed by atoms with Crippen LogP contribution in [0.25, 0.3) is 0 Å². The molecule has 4 nitrogen and oxygen atoms in total. The Kier molecular flexibility index (Phi) is 4.24. The summed E-state index contributed by atoms with van der Waals surface area (Å²) in [4.78, 5) is 15.1. The molecule has 0 amide bonds. The number of nitrogens with zero attached hydrogens (tertiary/aromatic N) is 2. The minimum absolute atomic E-state index is 0.490. The molecule has 0 aromatic heterocycles. The number of nitroso groups, excluding NO2 is 1. The summed E-state index contributed by atoms with van der Waals surface area (Å²) in [6.07, 6.45) is 0. The van der Waals surface area contributed by atoms with Gasteiger partial charge in [0, 0.05) is 10.6 Å². The largest absolute Gasteiger partial charge is 0.399 e. The fourth-order valence-corrected chi connectivity index (χ4v) is 1.27. The van der Waals surface area contributed by atoms with Crippen LogP contribution in [0.4, 0.5) is 0 Å². The number of hydrogen-bond donors (Lipinski definition) is 0. The van der Waals surface area contributed by atoms with E-state index in [1.54, 1.807) is 31.2 Å². The van der Waals surface area contributed by atoms with Gasteiger partial charge in [0.15, 0.2) is 0 Å². The zero-order chi connectivity index (χ0) is 11.3. The normalized spacial score (nSPS) is 13.4. The second-order valence-electron chi connectivity index (χ2n) is 2.95. The van der Waals surface area contributed by atoms with E-state index in [0.29, 0.717) is 10.7 Å². The van der Waals surface area contributed by atoms with E-state index in [1.807, 2.05) is 0 Å². The minimum atomic E-state index is -0.550. The number of rotatable bonds is 4. The van der Waals surface area contributed by atoms with E-state index in [2.05, 4.69) is 15.2 Å². The van der Waals surface area contributed by atoms with E-state index < -0.39 is 6.04 Å². The molecule has 80 valence electrons. The van der Waals surface area contributed by atoms with E-state index in [1.165, 1.54) is 7.11 Å². The minimum Gasteiger partial charge on any atom is -0.399 e. The average Bonchev–Trinajstić information content (AvgIpc) is 2.26. The molecule has 15 heavy (non-hydrogen) atoms. The first-order valence-electron chi connectivity index (χ1n) is 4.38. The van der Waals surface area contributed by atoms with Gasteiger partial charge in [0.2, 0.25) is 0 Å². The topological polar surface area (TPSA) is 51.0 Å². The van der Waals surface area contributed by atoms with Crippen molar-refractivity contribution in [2.75, 3.05) is 7.11 Å². The molecule has 0 saturated carbocycles. The maximum Gasteiger partial charge on any atom is 0.135 e. The highest BCUT2D eigenvalue weighted by molar-refractivity contribution is 6.30. The molecule has 1 rings (SSSR count). The van der Waals surface area contributed by atoms with Gasteiger partial charge in [-0.15, -0.1) is 0 Å². The van der Waals surface area contributed by atoms with E-state index in [0.717, 1.165) is 5.56 Å². The van der Waals surface area contributed by atoms with Crippen molar-refractivity contribution in [1.29, 1.82) is 0 Å². The van der Waals surface area contributed by atoms with Gasteiger partial charge >= 0.3 is 0 Å². The average molecular weight is 227 g/mol. The van der Waals surface area contributed by atoms with Gasteiger partial charge in [-0.2, -0.15) is 4.91 Å². The first-order valence-corrected chi connectivity index (χ1v) is 4.76. The molecule has 0 fully saturated rings. The number of benzene rings is 1. The molecule has 1 aromatic rings. The summed E-state index contributed by atoms with van der Waals surface area (Å²) in [6, 6.07) is 6.43. The summed E-state index contributed by atoms with van der Waals surface area (Å²) >= 11 is 5.75. The SMILES string of the molecule is CON=C(c1ccc(Cl)cc1)C(C)N=O. The maximum absolute atomic E-state index is 10.4. The van der Waals surface area contributed by atoms with Crippen LogP contribution < -0.4 is 0 Å². The van der Waals surface area contributed by atoms with Gasteiger partial charge in [-0.1, -0.05) is 34.1 Å². The van der Waals surface area contributed by atoms with Gasteiger partial charge in [-0.3, -0.25) is 0 Å². The highest BCUT2D eigenvalue weighted by Gasteiger charge is 2.14. The van der Waals surface area contributed by atoms with Crippen molar-refractivity contribution in [3.63, 3.8) is 0 Å². The Balaban J connectivity index is 3.04. The highest BCUT2D eigenvalue weighted by atomic mass is 35.5. The molecule has 5 heteroatoms. The van der Waals surface area contributed by atoms with Crippen molar-refractivity contribution in [3.8, 4) is 0 Å². The van der Waals surface area contributed by atoms with E-state index in [-0.39, 0.29) is 0 Å². The van der Waals surface area contributed by atoms with E-state index >= 15 is 0 Å². The van der Waals surface area contributed by atoms with Gasteiger partial charge < -0.3 is 4.84 Å². The third-order valence-corrected chi connectivity index (χ3v) is 2.14. The van der Waals surface area contributed by atoms with Gasteiger partial charge in [0.25, 0.3) is 0 Å². The molecule has 0 bridgehead atoms. The Bertz CT molecular complexity index is 362. The second-order valence-corrected chi connectivity index (χ2v) is 3.38. The van der Waals surface area contributed by atoms with Crippen molar-refractivity contribution in [1.82, 2.24) is 0 Å². The van der Waals surface area contributed by atoms with Crippen LogP contribution in [0.2, 0.25) is 5.02 Å². The Morgan fingerprint density at radius 2 is 2.00 bits per heavy atom. The molecule has 0 N–H and O–H groups in total. The fraction of sp³-hybridized carbons (Fsp3) is 0.300. The quantitative estimate of drug-likeness (QED) is 0.450. The summed E-state index contributed by atoms with van der Waals surface area (Å²) < 4.78 is 0. The van der Waals surface area contributed by atoms with Crippen molar-refractivity contribution in [3.05, 3.63) is 39.8 Å². The molecule has 0 aliphatic rings. The summed E-state index contributed by atoms with van der Waals surface area (Å²) in [6.45, 7) is 1.65. The first-order chi connectivity index (χ1) is 7.19. The molecular weight excluding hydrogens is 216 g/mol. The smallest absolute Gasteiger partial charge is 0.135 e. The number of hydrogen-bond acceptors (Lipinski definition) is 4. The lowest BCUT2D eigenvalue weighted by Gasteiger charge is -2.07. The lowest BCUT2D eigenvalue weighted by Crippen LogP contribution is -2.16. The van der Waals surface area contributed by atoms with Crippen LogP contribution in [-0.2, 0) is 4.84 Å². The summed E-state index contributed by atoms with van der Waals surface area (Å²) in [5.74, 6) is 0. The van der Waals surface area contributed by atoms with Crippen LogP contribution in [0.3, 0.4) is 0 Å². The maximum atomic E-state index is 10.4. The molecule has 1 aromatic carbocycles. The summed E-state index contributed by atoms with van der Waals surface area (Å²) in [5.41, 5.74) is 1.26. The van der Waals surface area contributed by atoms with Crippen LogP contribution in [0.5, 0.6) is 0 Å². The third kappa shape index (κ3) is 3.02. The second kappa shape index (κ2) is 5.46. The van der Waals surface area contributed by atoms with Crippen molar-refractivity contribution >= 4 is 17.3 Å². The fourth-order valence-electron chi connectivity index (χ4n) is 1.14. The molecule has 0 radical (unpaired) electrons. The van der Waals surface area contributed by atoms with Gasteiger partial charge in [-0.05, 0) is 19.1 Å². The predicted molar refractivity (Wildman–Crippen MR) is 60.3 cm³/mol. The molecule has 0 heterocycles. The molecule has 0 spiro atoms. The molecular formula is C10H11ClN2O2. The summed E-state index contributed by atoms with van der Waals surface area (Å²) in [5, 5.41) is 7.31. The molecule has 0 saturated heterocycles. The van der Waals surface area contributed by atoms with Crippen molar-refractivity contribution in [2.24, 2.45) is 10.3 Å².